The molecule has 0 aliphatic carbocycles. The van der Waals surface area contributed by atoms with Gasteiger partial charge in [-0.2, -0.15) is 0 Å². The van der Waals surface area contributed by atoms with Crippen LogP contribution in [0.1, 0.15) is 6.42 Å². The van der Waals surface area contributed by atoms with E-state index in [1.807, 2.05) is 0 Å². The van der Waals surface area contributed by atoms with Crippen molar-refractivity contribution >= 4 is 33.6 Å². The summed E-state index contributed by atoms with van der Waals surface area (Å²) in [6, 6.07) is 2.21. The summed E-state index contributed by atoms with van der Waals surface area (Å²) in [6.45, 7) is 0.184. The van der Waals surface area contributed by atoms with Gasteiger partial charge in [0.05, 0.1) is 5.69 Å². The molecule has 1 rings (SSSR count). The standard InChI is InChI=1S/C12H14BrFN2O4/c1-20-5-4-10(11(17)18)16-12(19)15-9-3-2-7(13)6-8(9)14/h2-3,6,10H,4-5H2,1H3,(H,17,18)(H2,15,16,19). The number of anilines is 1. The minimum absolute atomic E-state index is 0.0402. The van der Waals surface area contributed by atoms with Crippen molar-refractivity contribution in [2.75, 3.05) is 19.0 Å². The number of methoxy groups -OCH3 is 1. The number of carboxylic acid groups (broad SMARTS) is 1. The second-order valence-electron chi connectivity index (χ2n) is 3.89. The van der Waals surface area contributed by atoms with Crippen LogP contribution in [-0.2, 0) is 9.53 Å². The average molecular weight is 349 g/mol. The van der Waals surface area contributed by atoms with Crippen LogP contribution in [0.2, 0.25) is 0 Å². The number of urea groups is 1. The molecule has 1 aromatic rings. The van der Waals surface area contributed by atoms with Crippen LogP contribution in [0.25, 0.3) is 0 Å². The number of carbonyl (C=O) groups excluding carboxylic acids is 1. The summed E-state index contributed by atoms with van der Waals surface area (Å²) in [6.07, 6.45) is 0.113. The van der Waals surface area contributed by atoms with Crippen LogP contribution < -0.4 is 10.6 Å². The highest BCUT2D eigenvalue weighted by atomic mass is 79.9. The molecule has 1 aromatic carbocycles. The normalized spacial score (nSPS) is 11.8. The molecule has 6 nitrogen and oxygen atoms in total. The van der Waals surface area contributed by atoms with Gasteiger partial charge in [0.15, 0.2) is 0 Å². The van der Waals surface area contributed by atoms with Crippen molar-refractivity contribution in [1.29, 1.82) is 0 Å². The van der Waals surface area contributed by atoms with Crippen molar-refractivity contribution < 1.29 is 23.8 Å². The van der Waals surface area contributed by atoms with Crippen LogP contribution >= 0.6 is 15.9 Å². The highest BCUT2D eigenvalue weighted by Gasteiger charge is 2.20. The van der Waals surface area contributed by atoms with Crippen molar-refractivity contribution in [2.45, 2.75) is 12.5 Å². The lowest BCUT2D eigenvalue weighted by Gasteiger charge is -2.15. The smallest absolute Gasteiger partial charge is 0.326 e. The van der Waals surface area contributed by atoms with E-state index in [1.54, 1.807) is 6.07 Å². The minimum atomic E-state index is -1.19. The van der Waals surface area contributed by atoms with Crippen molar-refractivity contribution in [2.24, 2.45) is 0 Å². The first-order valence-electron chi connectivity index (χ1n) is 5.68. The fraction of sp³-hybridized carbons (Fsp3) is 0.333. The summed E-state index contributed by atoms with van der Waals surface area (Å²) in [7, 11) is 1.43. The van der Waals surface area contributed by atoms with Gasteiger partial charge in [0.25, 0.3) is 0 Å². The predicted molar refractivity (Wildman–Crippen MR) is 74.2 cm³/mol. The fourth-order valence-corrected chi connectivity index (χ4v) is 1.73. The zero-order valence-corrected chi connectivity index (χ0v) is 12.2. The zero-order valence-electron chi connectivity index (χ0n) is 10.7. The van der Waals surface area contributed by atoms with Gasteiger partial charge in [-0.3, -0.25) is 0 Å². The maximum Gasteiger partial charge on any atom is 0.326 e. The topological polar surface area (TPSA) is 87.7 Å². The largest absolute Gasteiger partial charge is 0.480 e. The van der Waals surface area contributed by atoms with Crippen LogP contribution in [0, 0.1) is 5.82 Å². The molecule has 3 N–H and O–H groups in total. The molecule has 0 radical (unpaired) electrons. The molecule has 0 saturated carbocycles. The second kappa shape index (κ2) is 7.81. The highest BCUT2D eigenvalue weighted by Crippen LogP contribution is 2.19. The lowest BCUT2D eigenvalue weighted by molar-refractivity contribution is -0.139. The van der Waals surface area contributed by atoms with Gasteiger partial charge in [-0.05, 0) is 18.2 Å². The molecule has 1 unspecified atom stereocenters. The van der Waals surface area contributed by atoms with Crippen molar-refractivity contribution in [3.8, 4) is 0 Å². The number of halogens is 2. The van der Waals surface area contributed by atoms with Gasteiger partial charge in [0.1, 0.15) is 11.9 Å². The first-order valence-corrected chi connectivity index (χ1v) is 6.47. The lowest BCUT2D eigenvalue weighted by atomic mass is 10.2. The fourth-order valence-electron chi connectivity index (χ4n) is 1.40. The van der Waals surface area contributed by atoms with Crippen molar-refractivity contribution in [1.82, 2.24) is 5.32 Å². The maximum absolute atomic E-state index is 13.5. The summed E-state index contributed by atoms with van der Waals surface area (Å²) >= 11 is 3.09. The van der Waals surface area contributed by atoms with Crippen LogP contribution in [0.4, 0.5) is 14.9 Å². The van der Waals surface area contributed by atoms with E-state index in [1.165, 1.54) is 19.2 Å². The molecular formula is C12H14BrFN2O4. The molecule has 0 bridgehead atoms. The number of ether oxygens (including phenoxy) is 1. The van der Waals surface area contributed by atoms with Gasteiger partial charge in [-0.1, -0.05) is 15.9 Å². The van der Waals surface area contributed by atoms with E-state index < -0.39 is 23.9 Å². The van der Waals surface area contributed by atoms with Gasteiger partial charge in [0, 0.05) is 24.6 Å². The number of rotatable bonds is 6. The number of amides is 2. The number of carbonyl (C=O) groups is 2. The van der Waals surface area contributed by atoms with E-state index in [0.29, 0.717) is 4.47 Å². The predicted octanol–water partition coefficient (Wildman–Crippen LogP) is 2.20. The van der Waals surface area contributed by atoms with E-state index >= 15 is 0 Å². The van der Waals surface area contributed by atoms with E-state index in [-0.39, 0.29) is 18.7 Å². The van der Waals surface area contributed by atoms with Gasteiger partial charge < -0.3 is 20.5 Å². The summed E-state index contributed by atoms with van der Waals surface area (Å²) in [5, 5.41) is 13.4. The number of aliphatic carboxylic acids is 1. The Morgan fingerprint density at radius 1 is 1.50 bits per heavy atom. The lowest BCUT2D eigenvalue weighted by Crippen LogP contribution is -2.43. The summed E-state index contributed by atoms with van der Waals surface area (Å²) in [4.78, 5) is 22.5. The zero-order chi connectivity index (χ0) is 15.1. The van der Waals surface area contributed by atoms with Gasteiger partial charge in [0.2, 0.25) is 0 Å². The minimum Gasteiger partial charge on any atom is -0.480 e. The third-order valence-electron chi connectivity index (χ3n) is 2.39. The summed E-state index contributed by atoms with van der Waals surface area (Å²) < 4.78 is 18.8. The van der Waals surface area contributed by atoms with E-state index in [2.05, 4.69) is 26.6 Å². The van der Waals surface area contributed by atoms with Crippen LogP contribution in [-0.4, -0.2) is 36.9 Å². The molecule has 2 amide bonds. The summed E-state index contributed by atoms with van der Waals surface area (Å²) in [5.74, 6) is -1.81. The average Bonchev–Trinajstić information content (AvgIpc) is 2.37. The molecule has 0 fully saturated rings. The van der Waals surface area contributed by atoms with E-state index in [4.69, 9.17) is 9.84 Å². The van der Waals surface area contributed by atoms with Gasteiger partial charge in [-0.15, -0.1) is 0 Å². The van der Waals surface area contributed by atoms with Crippen molar-refractivity contribution in [3.05, 3.63) is 28.5 Å². The van der Waals surface area contributed by atoms with E-state index in [0.717, 1.165) is 0 Å². The maximum atomic E-state index is 13.5. The van der Waals surface area contributed by atoms with Crippen molar-refractivity contribution in [3.63, 3.8) is 0 Å². The number of hydrogen-bond acceptors (Lipinski definition) is 3. The van der Waals surface area contributed by atoms with Gasteiger partial charge in [-0.25, -0.2) is 14.0 Å². The van der Waals surface area contributed by atoms with Crippen LogP contribution in [0.15, 0.2) is 22.7 Å². The van der Waals surface area contributed by atoms with Crippen LogP contribution in [0.5, 0.6) is 0 Å². The molecule has 20 heavy (non-hydrogen) atoms. The monoisotopic (exact) mass is 348 g/mol. The first-order chi connectivity index (χ1) is 9.43. The Bertz CT molecular complexity index is 498. The Hall–Kier alpha value is -1.67. The quantitative estimate of drug-likeness (QED) is 0.735. The second-order valence-corrected chi connectivity index (χ2v) is 4.81. The Kier molecular flexibility index (Phi) is 6.40. The van der Waals surface area contributed by atoms with E-state index in [9.17, 15) is 14.0 Å². The molecule has 1 atom stereocenters. The third-order valence-corrected chi connectivity index (χ3v) is 2.89. The Balaban J connectivity index is 2.63. The molecule has 8 heteroatoms. The Morgan fingerprint density at radius 3 is 2.75 bits per heavy atom. The number of benzene rings is 1. The number of nitrogens with one attached hydrogen (secondary N) is 2. The summed E-state index contributed by atoms with van der Waals surface area (Å²) in [5.41, 5.74) is -0.0402. The molecular weight excluding hydrogens is 335 g/mol. The molecule has 0 aliphatic rings. The van der Waals surface area contributed by atoms with Gasteiger partial charge >= 0.3 is 12.0 Å². The Morgan fingerprint density at radius 2 is 2.20 bits per heavy atom. The first kappa shape index (κ1) is 16.4. The van der Waals surface area contributed by atoms with Crippen LogP contribution in [0.3, 0.4) is 0 Å². The molecule has 0 aromatic heterocycles. The molecule has 110 valence electrons. The number of carboxylic acids is 1. The number of hydrogen-bond donors (Lipinski definition) is 3. The molecule has 0 heterocycles. The third kappa shape index (κ3) is 5.14. The molecule has 0 saturated heterocycles. The Labute approximate surface area is 123 Å². The highest BCUT2D eigenvalue weighted by molar-refractivity contribution is 9.10. The molecule has 0 spiro atoms. The molecule has 0 aliphatic heterocycles. The SMILES string of the molecule is COCCC(NC(=O)Nc1ccc(Br)cc1F)C(=O)O.